The fourth-order valence-electron chi connectivity index (χ4n) is 8.41. The summed E-state index contributed by atoms with van der Waals surface area (Å²) in [5.41, 5.74) is 8.70. The zero-order valence-electron chi connectivity index (χ0n) is 25.8. The molecule has 4 aromatic carbocycles. The highest BCUT2D eigenvalue weighted by atomic mass is 31.1. The van der Waals surface area contributed by atoms with Crippen LogP contribution in [-0.4, -0.2) is 11.7 Å². The fourth-order valence-corrected chi connectivity index (χ4v) is 13.0. The lowest BCUT2D eigenvalue weighted by Gasteiger charge is -2.33. The smallest absolute Gasteiger partial charge is 0.307 e. The van der Waals surface area contributed by atoms with Crippen molar-refractivity contribution in [3.8, 4) is 0 Å². The number of hydrogen-bond acceptors (Lipinski definition) is 3. The maximum Gasteiger partial charge on any atom is 0.307 e. The summed E-state index contributed by atoms with van der Waals surface area (Å²) in [5.74, 6) is 0.561. The summed E-state index contributed by atoms with van der Waals surface area (Å²) in [5, 5.41) is 9.62. The van der Waals surface area contributed by atoms with Crippen molar-refractivity contribution in [2.24, 2.45) is 5.92 Å². The summed E-state index contributed by atoms with van der Waals surface area (Å²) in [6, 6.07) is 32.0. The van der Waals surface area contributed by atoms with Gasteiger partial charge in [0.05, 0.1) is 0 Å². The lowest BCUT2D eigenvalue weighted by atomic mass is 9.84. The first-order valence-electron chi connectivity index (χ1n) is 16.9. The van der Waals surface area contributed by atoms with E-state index in [-0.39, 0.29) is 6.04 Å². The highest BCUT2D eigenvalue weighted by molar-refractivity contribution is 7.73. The zero-order valence-corrected chi connectivity index (χ0v) is 27.6. The van der Waals surface area contributed by atoms with Gasteiger partial charge >= 0.3 is 8.16 Å². The topological polar surface area (TPSA) is 38.3 Å². The van der Waals surface area contributed by atoms with Crippen LogP contribution in [0.5, 0.6) is 0 Å². The van der Waals surface area contributed by atoms with E-state index in [1.807, 2.05) is 0 Å². The van der Waals surface area contributed by atoms with Crippen molar-refractivity contribution in [3.05, 3.63) is 107 Å². The van der Waals surface area contributed by atoms with Crippen LogP contribution in [0.15, 0.2) is 93.3 Å². The van der Waals surface area contributed by atoms with Crippen LogP contribution in [0.3, 0.4) is 0 Å². The third kappa shape index (κ3) is 5.36. The number of hydrogen-bond donors (Lipinski definition) is 1. The van der Waals surface area contributed by atoms with Gasteiger partial charge in [-0.1, -0.05) is 79.2 Å². The Morgan fingerprint density at radius 1 is 0.636 bits per heavy atom. The van der Waals surface area contributed by atoms with Crippen molar-refractivity contribution in [1.29, 1.82) is 0 Å². The Bertz CT molecular complexity index is 1700. The number of benzene rings is 4. The maximum absolute atomic E-state index is 6.93. The molecule has 1 unspecified atom stereocenters. The van der Waals surface area contributed by atoms with E-state index in [1.54, 1.807) is 0 Å². The molecule has 3 aliphatic rings. The molecule has 226 valence electrons. The van der Waals surface area contributed by atoms with Crippen LogP contribution in [-0.2, 0) is 25.7 Å². The van der Waals surface area contributed by atoms with E-state index in [1.165, 1.54) is 101 Å². The van der Waals surface area contributed by atoms with E-state index in [4.69, 9.17) is 8.39 Å². The lowest BCUT2D eigenvalue weighted by Crippen LogP contribution is -2.33. The molecule has 5 heteroatoms. The number of nitrogens with one attached hydrogen (secondary N) is 1. The lowest BCUT2D eigenvalue weighted by molar-refractivity contribution is 0.489. The molecule has 0 radical (unpaired) electrons. The van der Waals surface area contributed by atoms with Crippen LogP contribution < -0.4 is 15.7 Å². The van der Waals surface area contributed by atoms with Crippen LogP contribution >= 0.6 is 16.1 Å². The largest absolute Gasteiger partial charge is 0.408 e. The highest BCUT2D eigenvalue weighted by Crippen LogP contribution is 2.52. The molecule has 0 bridgehead atoms. The minimum Gasteiger partial charge on any atom is -0.408 e. The van der Waals surface area contributed by atoms with Gasteiger partial charge in [0.2, 0.25) is 0 Å². The van der Waals surface area contributed by atoms with E-state index in [0.29, 0.717) is 11.6 Å². The van der Waals surface area contributed by atoms with Crippen LogP contribution in [0.2, 0.25) is 0 Å². The monoisotopic (exact) mass is 619 g/mol. The van der Waals surface area contributed by atoms with E-state index in [9.17, 15) is 0 Å². The molecule has 0 amide bonds. The van der Waals surface area contributed by atoms with Crippen LogP contribution in [0, 0.1) is 5.92 Å². The maximum atomic E-state index is 6.93. The average Bonchev–Trinajstić information content (AvgIpc) is 3.49. The molecule has 0 spiro atoms. The Balaban J connectivity index is 1.21. The molecule has 1 fully saturated rings. The van der Waals surface area contributed by atoms with Gasteiger partial charge in [0.25, 0.3) is 0 Å². The fraction of sp³-hybridized carbons (Fsp3) is 0.385. The van der Waals surface area contributed by atoms with Gasteiger partial charge < -0.3 is 8.39 Å². The third-order valence-corrected chi connectivity index (χ3v) is 14.8. The van der Waals surface area contributed by atoms with Gasteiger partial charge in [0.1, 0.15) is 11.2 Å². The van der Waals surface area contributed by atoms with Crippen molar-refractivity contribution >= 4 is 48.6 Å². The van der Waals surface area contributed by atoms with Gasteiger partial charge in [0, 0.05) is 16.8 Å². The molecular formula is C39H43NO2P2. The molecule has 44 heavy (non-hydrogen) atoms. The normalized spacial score (nSPS) is 20.5. The second kappa shape index (κ2) is 12.5. The van der Waals surface area contributed by atoms with Gasteiger partial charge in [-0.3, -0.25) is 0 Å². The summed E-state index contributed by atoms with van der Waals surface area (Å²) in [7, 11) is -1.81. The number of aryl methyl sites for hydroxylation is 4. The molecule has 1 N–H and O–H groups in total. The quantitative estimate of drug-likeness (QED) is 0.192. The molecule has 3 nitrogen and oxygen atoms in total. The Morgan fingerprint density at radius 2 is 1.16 bits per heavy atom. The summed E-state index contributed by atoms with van der Waals surface area (Å²) < 4.78 is 13.9. The van der Waals surface area contributed by atoms with Gasteiger partial charge in [0.15, 0.2) is 0 Å². The summed E-state index contributed by atoms with van der Waals surface area (Å²) in [6.45, 7) is 2.38. The van der Waals surface area contributed by atoms with E-state index >= 15 is 0 Å². The van der Waals surface area contributed by atoms with Crippen molar-refractivity contribution in [1.82, 2.24) is 0 Å². The molecular weight excluding hydrogens is 576 g/mol. The highest BCUT2D eigenvalue weighted by Gasteiger charge is 2.38. The molecule has 5 aromatic rings. The first kappa shape index (κ1) is 28.6. The molecule has 8 rings (SSSR count). The standard InChI is InChI=1S/C39H43NO2P2/c1-27(32-21-12-22-37(32)43(30-15-4-2-5-16-30)31-17-6-3-7-18-31)40-44-41-35-25-23-28-13-8-10-19-33(28)38(35)39-34-20-11-9-14-29(34)24-26-36(39)42-44/h2-7,15-18,23-27,32,37,40H,8-14,19-22H2,1H3/t27-,32+,37?/m1/s1. The number of rotatable bonds is 6. The van der Waals surface area contributed by atoms with E-state index in [0.717, 1.165) is 24.0 Å². The van der Waals surface area contributed by atoms with Crippen molar-refractivity contribution < 1.29 is 8.39 Å². The van der Waals surface area contributed by atoms with E-state index < -0.39 is 16.1 Å². The van der Waals surface area contributed by atoms with Crippen LogP contribution in [0.4, 0.5) is 0 Å². The van der Waals surface area contributed by atoms with E-state index in [2.05, 4.69) is 96.9 Å². The van der Waals surface area contributed by atoms with Crippen LogP contribution in [0.1, 0.15) is 74.1 Å². The average molecular weight is 620 g/mol. The minimum absolute atomic E-state index is 0.284. The van der Waals surface area contributed by atoms with Crippen molar-refractivity contribution in [2.45, 2.75) is 89.3 Å². The molecule has 0 aliphatic heterocycles. The predicted molar refractivity (Wildman–Crippen MR) is 189 cm³/mol. The summed E-state index contributed by atoms with van der Waals surface area (Å²) >= 11 is 0. The third-order valence-electron chi connectivity index (χ3n) is 10.5. The zero-order chi connectivity index (χ0) is 29.5. The predicted octanol–water partition coefficient (Wildman–Crippen LogP) is 10.3. The second-order valence-corrected chi connectivity index (χ2v) is 16.7. The second-order valence-electron chi connectivity index (χ2n) is 13.1. The molecule has 3 atom stereocenters. The molecule has 1 aromatic heterocycles. The summed E-state index contributed by atoms with van der Waals surface area (Å²) in [6.07, 6.45) is 13.5. The first-order chi connectivity index (χ1) is 21.7. The van der Waals surface area contributed by atoms with Gasteiger partial charge in [-0.05, 0) is 136 Å². The molecule has 1 heterocycles. The Labute approximate surface area is 263 Å². The van der Waals surface area contributed by atoms with Gasteiger partial charge in [-0.25, -0.2) is 5.09 Å². The van der Waals surface area contributed by atoms with Crippen molar-refractivity contribution in [3.63, 3.8) is 0 Å². The van der Waals surface area contributed by atoms with Gasteiger partial charge in [-0.15, -0.1) is 0 Å². The summed E-state index contributed by atoms with van der Waals surface area (Å²) in [4.78, 5) is 0. The molecule has 0 saturated heterocycles. The van der Waals surface area contributed by atoms with Gasteiger partial charge in [-0.2, -0.15) is 0 Å². The minimum atomic E-state index is -1.34. The Kier molecular flexibility index (Phi) is 8.14. The Morgan fingerprint density at radius 3 is 1.70 bits per heavy atom. The first-order valence-corrected chi connectivity index (χ1v) is 19.4. The van der Waals surface area contributed by atoms with Crippen LogP contribution in [0.25, 0.3) is 21.9 Å². The van der Waals surface area contributed by atoms with Crippen molar-refractivity contribution in [2.75, 3.05) is 5.09 Å². The Hall–Kier alpha value is -2.83. The SMILES string of the molecule is C[C@@H](Np1oc2ccc3c(c2c2c4c(ccc2o1)CCCC4)CCCC3)[C@@H]1CCCC1P(c1ccccc1)c1ccccc1. The molecule has 1 saturated carbocycles. The number of fused-ring (bicyclic) bond motifs is 7. The molecule has 3 aliphatic carbocycles.